The molecule has 2 aromatic heterocycles. The summed E-state index contributed by atoms with van der Waals surface area (Å²) in [6.45, 7) is 2.93. The number of hydrogen-bond donors (Lipinski definition) is 1. The Balaban J connectivity index is 1.79. The van der Waals surface area contributed by atoms with Crippen molar-refractivity contribution in [1.29, 1.82) is 0 Å². The van der Waals surface area contributed by atoms with E-state index < -0.39 is 0 Å². The number of aryl methyl sites for hydroxylation is 2. The second-order valence-corrected chi connectivity index (χ2v) is 6.70. The Labute approximate surface area is 134 Å². The van der Waals surface area contributed by atoms with E-state index in [1.165, 1.54) is 38.4 Å². The maximum Gasteiger partial charge on any atom is 0.0726 e. The molecule has 3 heterocycles. The number of hydrogen-bond acceptors (Lipinski definition) is 4. The molecule has 4 rings (SSSR count). The van der Waals surface area contributed by atoms with E-state index in [1.54, 1.807) is 0 Å². The zero-order chi connectivity index (χ0) is 14.9. The number of fused-ring (bicyclic) bond motifs is 3. The summed E-state index contributed by atoms with van der Waals surface area (Å²) in [6, 6.07) is 8.45. The molecule has 1 aliphatic rings. The van der Waals surface area contributed by atoms with Crippen LogP contribution in [0.15, 0.2) is 47.8 Å². The predicted octanol–water partition coefficient (Wildman–Crippen LogP) is 4.20. The highest BCUT2D eigenvalue weighted by Gasteiger charge is 2.18. The van der Waals surface area contributed by atoms with Gasteiger partial charge in [0.25, 0.3) is 0 Å². The summed E-state index contributed by atoms with van der Waals surface area (Å²) in [5, 5.41) is 4.93. The summed E-state index contributed by atoms with van der Waals surface area (Å²) < 4.78 is 0. The molecule has 110 valence electrons. The van der Waals surface area contributed by atoms with Gasteiger partial charge in [0.1, 0.15) is 0 Å². The van der Waals surface area contributed by atoms with Crippen LogP contribution < -0.4 is 5.32 Å². The second-order valence-electron chi connectivity index (χ2n) is 5.56. The van der Waals surface area contributed by atoms with Crippen LogP contribution in [-0.4, -0.2) is 15.7 Å². The fourth-order valence-electron chi connectivity index (χ4n) is 3.00. The smallest absolute Gasteiger partial charge is 0.0726 e. The van der Waals surface area contributed by atoms with Gasteiger partial charge in [-0.1, -0.05) is 0 Å². The van der Waals surface area contributed by atoms with Crippen LogP contribution in [0.2, 0.25) is 0 Å². The Hall–Kier alpha value is -2.07. The third kappa shape index (κ3) is 2.33. The predicted molar refractivity (Wildman–Crippen MR) is 92.5 cm³/mol. The van der Waals surface area contributed by atoms with Gasteiger partial charge in [-0.15, -0.1) is 11.8 Å². The Kier molecular flexibility index (Phi) is 3.47. The SMILES string of the molecule is Cc1cnc2ccc3c(c2c1NCc1ccncc1)CCS3. The monoisotopic (exact) mass is 307 g/mol. The van der Waals surface area contributed by atoms with E-state index in [2.05, 4.69) is 34.3 Å². The van der Waals surface area contributed by atoms with Gasteiger partial charge in [0.2, 0.25) is 0 Å². The molecule has 0 aliphatic carbocycles. The minimum Gasteiger partial charge on any atom is -0.380 e. The summed E-state index contributed by atoms with van der Waals surface area (Å²) in [4.78, 5) is 10.1. The van der Waals surface area contributed by atoms with Crippen LogP contribution in [0.1, 0.15) is 16.7 Å². The van der Waals surface area contributed by atoms with Gasteiger partial charge in [0.05, 0.1) is 5.52 Å². The molecule has 4 heteroatoms. The van der Waals surface area contributed by atoms with Gasteiger partial charge in [-0.2, -0.15) is 0 Å². The lowest BCUT2D eigenvalue weighted by molar-refractivity contribution is 1.11. The highest BCUT2D eigenvalue weighted by atomic mass is 32.2. The van der Waals surface area contributed by atoms with Crippen LogP contribution >= 0.6 is 11.8 Å². The van der Waals surface area contributed by atoms with E-state index in [1.807, 2.05) is 42.5 Å². The zero-order valence-corrected chi connectivity index (χ0v) is 13.3. The number of nitrogens with zero attached hydrogens (tertiary/aromatic N) is 2. The molecule has 0 atom stereocenters. The molecule has 1 N–H and O–H groups in total. The van der Waals surface area contributed by atoms with E-state index in [-0.39, 0.29) is 0 Å². The molecule has 0 bridgehead atoms. The van der Waals surface area contributed by atoms with E-state index in [9.17, 15) is 0 Å². The van der Waals surface area contributed by atoms with Crippen molar-refractivity contribution < 1.29 is 0 Å². The highest BCUT2D eigenvalue weighted by Crippen LogP contribution is 2.39. The van der Waals surface area contributed by atoms with Crippen molar-refractivity contribution >= 4 is 28.4 Å². The molecule has 0 saturated heterocycles. The third-order valence-electron chi connectivity index (χ3n) is 4.12. The standard InChI is InChI=1S/C18H17N3S/c1-12-10-20-15-2-3-16-14(6-9-22-16)17(15)18(12)21-11-13-4-7-19-8-5-13/h2-5,7-8,10H,6,9,11H2,1H3,(H,20,21). The van der Waals surface area contributed by atoms with Crippen LogP contribution in [-0.2, 0) is 13.0 Å². The quantitative estimate of drug-likeness (QED) is 0.787. The number of anilines is 1. The first kappa shape index (κ1) is 13.6. The molecule has 1 aromatic carbocycles. The second kappa shape index (κ2) is 5.61. The topological polar surface area (TPSA) is 37.8 Å². The average molecular weight is 307 g/mol. The molecule has 0 amide bonds. The largest absolute Gasteiger partial charge is 0.380 e. The number of rotatable bonds is 3. The summed E-state index contributed by atoms with van der Waals surface area (Å²) in [7, 11) is 0. The van der Waals surface area contributed by atoms with E-state index in [4.69, 9.17) is 0 Å². The van der Waals surface area contributed by atoms with Gasteiger partial charge >= 0.3 is 0 Å². The van der Waals surface area contributed by atoms with Crippen LogP contribution in [0.3, 0.4) is 0 Å². The third-order valence-corrected chi connectivity index (χ3v) is 5.22. The van der Waals surface area contributed by atoms with Gasteiger partial charge in [-0.25, -0.2) is 0 Å². The molecule has 0 unspecified atom stereocenters. The van der Waals surface area contributed by atoms with Crippen molar-refractivity contribution in [2.75, 3.05) is 11.1 Å². The average Bonchev–Trinajstić information content (AvgIpc) is 3.03. The Morgan fingerprint density at radius 3 is 2.91 bits per heavy atom. The minimum absolute atomic E-state index is 0.805. The number of pyridine rings is 2. The van der Waals surface area contributed by atoms with Gasteiger partial charge in [0.15, 0.2) is 0 Å². The zero-order valence-electron chi connectivity index (χ0n) is 12.5. The van der Waals surface area contributed by atoms with Crippen molar-refractivity contribution in [2.24, 2.45) is 0 Å². The van der Waals surface area contributed by atoms with Crippen LogP contribution in [0.5, 0.6) is 0 Å². The molecule has 0 spiro atoms. The van der Waals surface area contributed by atoms with Crippen molar-refractivity contribution in [3.8, 4) is 0 Å². The van der Waals surface area contributed by atoms with Crippen molar-refractivity contribution in [3.05, 3.63) is 59.5 Å². The van der Waals surface area contributed by atoms with Crippen molar-refractivity contribution in [1.82, 2.24) is 9.97 Å². The molecule has 22 heavy (non-hydrogen) atoms. The van der Waals surface area contributed by atoms with Crippen LogP contribution in [0.25, 0.3) is 10.9 Å². The summed E-state index contributed by atoms with van der Waals surface area (Å²) in [6.07, 6.45) is 6.77. The van der Waals surface area contributed by atoms with Crippen molar-refractivity contribution in [3.63, 3.8) is 0 Å². The normalized spacial score (nSPS) is 13.3. The number of benzene rings is 1. The number of aromatic nitrogens is 2. The lowest BCUT2D eigenvalue weighted by Crippen LogP contribution is -2.04. The molecule has 0 radical (unpaired) electrons. The lowest BCUT2D eigenvalue weighted by atomic mass is 10.0. The first-order valence-corrected chi connectivity index (χ1v) is 8.48. The maximum absolute atomic E-state index is 4.61. The molecule has 3 nitrogen and oxygen atoms in total. The lowest BCUT2D eigenvalue weighted by Gasteiger charge is -2.15. The fourth-order valence-corrected chi connectivity index (χ4v) is 4.07. The molecular formula is C18H17N3S. The number of thioether (sulfide) groups is 1. The van der Waals surface area contributed by atoms with E-state index in [0.717, 1.165) is 18.5 Å². The number of nitrogens with one attached hydrogen (secondary N) is 1. The van der Waals surface area contributed by atoms with Gasteiger partial charge in [-0.3, -0.25) is 9.97 Å². The Morgan fingerprint density at radius 2 is 2.05 bits per heavy atom. The van der Waals surface area contributed by atoms with Gasteiger partial charge in [0, 0.05) is 46.9 Å². The molecule has 0 saturated carbocycles. The first-order chi connectivity index (χ1) is 10.8. The van der Waals surface area contributed by atoms with Crippen LogP contribution in [0.4, 0.5) is 5.69 Å². The molecular weight excluding hydrogens is 290 g/mol. The summed E-state index contributed by atoms with van der Waals surface area (Å²) >= 11 is 1.95. The van der Waals surface area contributed by atoms with Gasteiger partial charge in [-0.05, 0) is 54.3 Å². The first-order valence-electron chi connectivity index (χ1n) is 7.50. The summed E-state index contributed by atoms with van der Waals surface area (Å²) in [5.74, 6) is 1.17. The maximum atomic E-state index is 4.61. The fraction of sp³-hybridized carbons (Fsp3) is 0.222. The molecule has 1 aliphatic heterocycles. The van der Waals surface area contributed by atoms with Crippen LogP contribution in [0, 0.1) is 6.92 Å². The molecule has 0 fully saturated rings. The Bertz CT molecular complexity index is 831. The summed E-state index contributed by atoms with van der Waals surface area (Å²) in [5.41, 5.74) is 6.20. The van der Waals surface area contributed by atoms with Crippen molar-refractivity contribution in [2.45, 2.75) is 24.8 Å². The highest BCUT2D eigenvalue weighted by molar-refractivity contribution is 7.99. The molecule has 3 aromatic rings. The minimum atomic E-state index is 0.805. The van der Waals surface area contributed by atoms with E-state index >= 15 is 0 Å². The Morgan fingerprint density at radius 1 is 1.18 bits per heavy atom. The van der Waals surface area contributed by atoms with Gasteiger partial charge < -0.3 is 5.32 Å². The van der Waals surface area contributed by atoms with E-state index in [0.29, 0.717) is 0 Å².